The van der Waals surface area contributed by atoms with Gasteiger partial charge in [0.2, 0.25) is 0 Å². The van der Waals surface area contributed by atoms with Crippen LogP contribution in [0.2, 0.25) is 0 Å². The number of ketones is 1. The maximum atomic E-state index is 12.9. The van der Waals surface area contributed by atoms with Gasteiger partial charge in [-0.05, 0) is 16.7 Å². The van der Waals surface area contributed by atoms with Crippen LogP contribution in [-0.4, -0.2) is 5.78 Å². The minimum absolute atomic E-state index is 0.485. The zero-order valence-corrected chi connectivity index (χ0v) is 12.5. The van der Waals surface area contributed by atoms with Gasteiger partial charge >= 0.3 is 0 Å². The van der Waals surface area contributed by atoms with Crippen LogP contribution in [0.15, 0.2) is 91.0 Å². The van der Waals surface area contributed by atoms with Crippen molar-refractivity contribution in [3.05, 3.63) is 108 Å². The lowest BCUT2D eigenvalue weighted by Crippen LogP contribution is -2.37. The maximum Gasteiger partial charge on any atom is 0.251 e. The average molecular weight is 297 g/mol. The van der Waals surface area contributed by atoms with Gasteiger partial charge in [-0.25, -0.2) is 0 Å². The van der Waals surface area contributed by atoms with Gasteiger partial charge in [0.15, 0.2) is 0 Å². The van der Waals surface area contributed by atoms with E-state index in [1.807, 2.05) is 97.1 Å². The number of Topliss-reactive ketones (excluding diaryl/α,β-unsaturated/α-hetero) is 1. The highest BCUT2D eigenvalue weighted by atomic mass is 16.1. The highest BCUT2D eigenvalue weighted by molar-refractivity contribution is 6.07. The van der Waals surface area contributed by atoms with Crippen LogP contribution in [0.1, 0.15) is 16.7 Å². The lowest BCUT2D eigenvalue weighted by atomic mass is 9.67. The molecule has 0 bridgehead atoms. The number of hydrogen-bond donors (Lipinski definition) is 0. The molecule has 0 N–H and O–H groups in total. The monoisotopic (exact) mass is 297 g/mol. The first-order chi connectivity index (χ1) is 11.3. The molecular weight excluding hydrogens is 282 g/mol. The molecule has 3 aromatic rings. The number of benzene rings is 3. The predicted octanol–water partition coefficient (Wildman–Crippen LogP) is 4.11. The Kier molecular flexibility index (Phi) is 4.03. The van der Waals surface area contributed by atoms with Gasteiger partial charge in [0.05, 0.1) is 0 Å². The van der Waals surface area contributed by atoms with E-state index >= 15 is 0 Å². The van der Waals surface area contributed by atoms with Crippen LogP contribution in [0.5, 0.6) is 0 Å². The third-order valence-electron chi connectivity index (χ3n) is 4.06. The Balaban J connectivity index is 2.41. The van der Waals surface area contributed by atoms with E-state index in [2.05, 4.69) is 0 Å². The van der Waals surface area contributed by atoms with Crippen LogP contribution < -0.4 is 0 Å². The smallest absolute Gasteiger partial charge is 0.251 e. The number of nitriles is 1. The number of hydrogen-bond acceptors (Lipinski definition) is 2. The molecule has 0 fully saturated rings. The minimum Gasteiger partial charge on any atom is -0.281 e. The molecule has 0 aliphatic rings. The largest absolute Gasteiger partial charge is 0.281 e. The van der Waals surface area contributed by atoms with Crippen molar-refractivity contribution in [1.29, 1.82) is 5.26 Å². The first-order valence-electron chi connectivity index (χ1n) is 7.41. The van der Waals surface area contributed by atoms with Crippen molar-refractivity contribution >= 4 is 5.78 Å². The van der Waals surface area contributed by atoms with Gasteiger partial charge in [-0.1, -0.05) is 91.0 Å². The second kappa shape index (κ2) is 6.29. The van der Waals surface area contributed by atoms with Crippen molar-refractivity contribution in [2.24, 2.45) is 0 Å². The molecule has 2 heteroatoms. The standard InChI is InChI=1S/C21H15NO/c22-16-20(23)21(17-10-4-1-5-11-17,18-12-6-2-7-13-18)19-14-8-3-9-15-19/h1-15H. The lowest BCUT2D eigenvalue weighted by molar-refractivity contribution is -0.116. The molecule has 23 heavy (non-hydrogen) atoms. The Hall–Kier alpha value is -3.18. The van der Waals surface area contributed by atoms with Crippen molar-refractivity contribution in [1.82, 2.24) is 0 Å². The molecule has 0 unspecified atom stereocenters. The van der Waals surface area contributed by atoms with Crippen molar-refractivity contribution in [2.45, 2.75) is 5.41 Å². The Labute approximate surface area is 135 Å². The fourth-order valence-corrected chi connectivity index (χ4v) is 3.04. The molecule has 0 aliphatic carbocycles. The van der Waals surface area contributed by atoms with Crippen LogP contribution in [0.25, 0.3) is 0 Å². The van der Waals surface area contributed by atoms with E-state index in [1.54, 1.807) is 0 Å². The molecule has 0 aromatic heterocycles. The molecular formula is C21H15NO. The summed E-state index contributed by atoms with van der Waals surface area (Å²) in [7, 11) is 0. The summed E-state index contributed by atoms with van der Waals surface area (Å²) in [5.74, 6) is -0.485. The van der Waals surface area contributed by atoms with Crippen molar-refractivity contribution in [3.8, 4) is 6.07 Å². The summed E-state index contributed by atoms with van der Waals surface area (Å²) in [5.41, 5.74) is 1.27. The number of carbonyl (C=O) groups excluding carboxylic acids is 1. The molecule has 0 atom stereocenters. The van der Waals surface area contributed by atoms with Crippen LogP contribution in [0, 0.1) is 11.3 Å². The lowest BCUT2D eigenvalue weighted by Gasteiger charge is -2.32. The van der Waals surface area contributed by atoms with Gasteiger partial charge in [-0.3, -0.25) is 4.79 Å². The number of rotatable bonds is 4. The number of nitrogens with zero attached hydrogens (tertiary/aromatic N) is 1. The second-order valence-corrected chi connectivity index (χ2v) is 5.29. The van der Waals surface area contributed by atoms with E-state index < -0.39 is 11.2 Å². The first kappa shape index (κ1) is 14.7. The summed E-state index contributed by atoms with van der Waals surface area (Å²) in [6, 6.07) is 30.3. The SMILES string of the molecule is N#CC(=O)C(c1ccccc1)(c1ccccc1)c1ccccc1. The van der Waals surface area contributed by atoms with E-state index in [-0.39, 0.29) is 0 Å². The zero-order chi connectivity index (χ0) is 16.1. The summed E-state index contributed by atoms with van der Waals surface area (Å²) >= 11 is 0. The van der Waals surface area contributed by atoms with Crippen LogP contribution in [0.3, 0.4) is 0 Å². The molecule has 0 radical (unpaired) electrons. The molecule has 3 aromatic carbocycles. The van der Waals surface area contributed by atoms with Gasteiger partial charge in [0.1, 0.15) is 11.5 Å². The molecule has 0 spiro atoms. The Morgan fingerprint density at radius 1 is 0.652 bits per heavy atom. The summed E-state index contributed by atoms with van der Waals surface area (Å²) < 4.78 is 0. The maximum absolute atomic E-state index is 12.9. The predicted molar refractivity (Wildman–Crippen MR) is 89.8 cm³/mol. The zero-order valence-electron chi connectivity index (χ0n) is 12.5. The Bertz CT molecular complexity index is 737. The summed E-state index contributed by atoms with van der Waals surface area (Å²) in [6.45, 7) is 0. The average Bonchev–Trinajstić information content (AvgIpc) is 2.65. The van der Waals surface area contributed by atoms with Gasteiger partial charge < -0.3 is 0 Å². The molecule has 0 saturated carbocycles. The highest BCUT2D eigenvalue weighted by Crippen LogP contribution is 2.39. The molecule has 3 rings (SSSR count). The summed E-state index contributed by atoms with van der Waals surface area (Å²) in [5, 5.41) is 9.45. The van der Waals surface area contributed by atoms with Crippen molar-refractivity contribution in [3.63, 3.8) is 0 Å². The third kappa shape index (κ3) is 2.43. The molecule has 0 saturated heterocycles. The van der Waals surface area contributed by atoms with Gasteiger partial charge in [-0.2, -0.15) is 5.26 Å². The fraction of sp³-hybridized carbons (Fsp3) is 0.0476. The third-order valence-corrected chi connectivity index (χ3v) is 4.06. The van der Waals surface area contributed by atoms with Crippen molar-refractivity contribution < 1.29 is 4.79 Å². The first-order valence-corrected chi connectivity index (χ1v) is 7.41. The van der Waals surface area contributed by atoms with Crippen LogP contribution >= 0.6 is 0 Å². The normalized spacial score (nSPS) is 10.7. The minimum atomic E-state index is -1.11. The molecule has 110 valence electrons. The van der Waals surface area contributed by atoms with Crippen LogP contribution in [-0.2, 0) is 10.2 Å². The number of carbonyl (C=O) groups is 1. The van der Waals surface area contributed by atoms with E-state index in [0.29, 0.717) is 0 Å². The molecule has 0 heterocycles. The quantitative estimate of drug-likeness (QED) is 0.537. The molecule has 2 nitrogen and oxygen atoms in total. The van der Waals surface area contributed by atoms with Gasteiger partial charge in [0, 0.05) is 0 Å². The fourth-order valence-electron chi connectivity index (χ4n) is 3.04. The van der Waals surface area contributed by atoms with E-state index in [9.17, 15) is 10.1 Å². The topological polar surface area (TPSA) is 40.9 Å². The molecule has 0 amide bonds. The van der Waals surface area contributed by atoms with E-state index in [0.717, 1.165) is 16.7 Å². The summed E-state index contributed by atoms with van der Waals surface area (Å²) in [6.07, 6.45) is 0. The summed E-state index contributed by atoms with van der Waals surface area (Å²) in [4.78, 5) is 12.9. The van der Waals surface area contributed by atoms with Gasteiger partial charge in [0.25, 0.3) is 5.78 Å². The van der Waals surface area contributed by atoms with Gasteiger partial charge in [-0.15, -0.1) is 0 Å². The van der Waals surface area contributed by atoms with Crippen LogP contribution in [0.4, 0.5) is 0 Å². The highest BCUT2D eigenvalue weighted by Gasteiger charge is 2.43. The molecule has 0 aliphatic heterocycles. The van der Waals surface area contributed by atoms with Crippen molar-refractivity contribution in [2.75, 3.05) is 0 Å². The Morgan fingerprint density at radius 3 is 1.22 bits per heavy atom. The van der Waals surface area contributed by atoms with E-state index in [1.165, 1.54) is 0 Å². The van der Waals surface area contributed by atoms with E-state index in [4.69, 9.17) is 0 Å². The Morgan fingerprint density at radius 2 is 0.957 bits per heavy atom. The second-order valence-electron chi connectivity index (χ2n) is 5.29.